The summed E-state index contributed by atoms with van der Waals surface area (Å²) < 4.78 is 31.4. The monoisotopic (exact) mass is 481 g/mol. The van der Waals surface area contributed by atoms with Crippen molar-refractivity contribution in [1.29, 1.82) is 0 Å². The Morgan fingerprint density at radius 1 is 1.12 bits per heavy atom. The smallest absolute Gasteiger partial charge is 0.339 e. The fourth-order valence-electron chi connectivity index (χ4n) is 4.53. The average Bonchev–Trinajstić information content (AvgIpc) is 3.51. The summed E-state index contributed by atoms with van der Waals surface area (Å²) in [6.45, 7) is 5.28. The Labute approximate surface area is 198 Å². The Kier molecular flexibility index (Phi) is 5.55. The van der Waals surface area contributed by atoms with Crippen LogP contribution in [-0.2, 0) is 14.6 Å². The lowest BCUT2D eigenvalue weighted by atomic mass is 10.0. The van der Waals surface area contributed by atoms with Crippen molar-refractivity contribution in [1.82, 2.24) is 14.8 Å². The molecule has 0 radical (unpaired) electrons. The van der Waals surface area contributed by atoms with Gasteiger partial charge in [-0.05, 0) is 46.1 Å². The Morgan fingerprint density at radius 3 is 2.44 bits per heavy atom. The summed E-state index contributed by atoms with van der Waals surface area (Å²) in [6, 6.07) is 8.57. The summed E-state index contributed by atoms with van der Waals surface area (Å²) >= 11 is 0. The number of fused-ring (bicyclic) bond motifs is 1. The molecule has 3 aromatic rings. The molecule has 0 N–H and O–H groups in total. The molecule has 2 aliphatic rings. The van der Waals surface area contributed by atoms with Crippen LogP contribution in [0.25, 0.3) is 11.0 Å². The van der Waals surface area contributed by atoms with Gasteiger partial charge in [0.2, 0.25) is 5.78 Å². The number of hydrogen-bond donors (Lipinski definition) is 0. The topological polar surface area (TPSA) is 108 Å². The second kappa shape index (κ2) is 8.30. The number of sulfone groups is 1. The predicted molar refractivity (Wildman–Crippen MR) is 127 cm³/mol. The molecule has 1 saturated heterocycles. The first-order chi connectivity index (χ1) is 16.1. The van der Waals surface area contributed by atoms with E-state index in [2.05, 4.69) is 5.10 Å². The number of carbonyl (C=O) groups is 2. The number of aryl methyl sites for hydroxylation is 2. The molecular weight excluding hydrogens is 454 g/mol. The number of aromatic nitrogens is 3. The molecule has 9 heteroatoms. The van der Waals surface area contributed by atoms with Gasteiger partial charge in [0.25, 0.3) is 0 Å². The number of ketones is 1. The SMILES string of the molecule is Cc1ccc(C(=O)C(C)OC(=O)c2cc(C3CC3)nc3c2c(C)nn3C2CCS(=O)(=O)C2)cc1. The van der Waals surface area contributed by atoms with Crippen LogP contribution in [-0.4, -0.2) is 52.5 Å². The number of carbonyl (C=O) groups excluding carboxylic acids is 2. The van der Waals surface area contributed by atoms with Gasteiger partial charge in [-0.25, -0.2) is 22.9 Å². The molecule has 1 aliphatic carbocycles. The lowest BCUT2D eigenvalue weighted by Crippen LogP contribution is -2.24. The number of rotatable bonds is 6. The van der Waals surface area contributed by atoms with E-state index in [-0.39, 0.29) is 29.2 Å². The summed E-state index contributed by atoms with van der Waals surface area (Å²) in [6.07, 6.45) is 1.48. The Balaban J connectivity index is 1.50. The second-order valence-electron chi connectivity index (χ2n) is 9.43. The van der Waals surface area contributed by atoms with Crippen LogP contribution in [0.15, 0.2) is 30.3 Å². The molecule has 2 unspecified atom stereocenters. The molecule has 178 valence electrons. The zero-order chi connectivity index (χ0) is 24.2. The highest BCUT2D eigenvalue weighted by atomic mass is 32.2. The van der Waals surface area contributed by atoms with Crippen molar-refractivity contribution in [3.8, 4) is 0 Å². The molecule has 2 aromatic heterocycles. The molecular formula is C25H27N3O5S. The summed E-state index contributed by atoms with van der Waals surface area (Å²) in [7, 11) is -3.12. The molecule has 3 heterocycles. The third kappa shape index (κ3) is 4.24. The molecule has 0 amide bonds. The summed E-state index contributed by atoms with van der Waals surface area (Å²) in [4.78, 5) is 30.9. The quantitative estimate of drug-likeness (QED) is 0.390. The number of pyridine rings is 1. The highest BCUT2D eigenvalue weighted by Gasteiger charge is 2.34. The maximum atomic E-state index is 13.3. The number of hydrogen-bond acceptors (Lipinski definition) is 7. The predicted octanol–water partition coefficient (Wildman–Crippen LogP) is 3.71. The van der Waals surface area contributed by atoms with E-state index in [4.69, 9.17) is 9.72 Å². The fraction of sp³-hybridized carbons (Fsp3) is 0.440. The fourth-order valence-corrected chi connectivity index (χ4v) is 6.23. The van der Waals surface area contributed by atoms with Crippen LogP contribution in [0.2, 0.25) is 0 Å². The van der Waals surface area contributed by atoms with Crippen LogP contribution in [0.1, 0.15) is 75.8 Å². The van der Waals surface area contributed by atoms with Crippen molar-refractivity contribution < 1.29 is 22.7 Å². The minimum Gasteiger partial charge on any atom is -0.451 e. The zero-order valence-corrected chi connectivity index (χ0v) is 20.3. The van der Waals surface area contributed by atoms with Gasteiger partial charge in [0, 0.05) is 17.2 Å². The van der Waals surface area contributed by atoms with E-state index in [0.717, 1.165) is 24.1 Å². The van der Waals surface area contributed by atoms with Crippen molar-refractivity contribution in [2.45, 2.75) is 58.1 Å². The van der Waals surface area contributed by atoms with E-state index >= 15 is 0 Å². The summed E-state index contributed by atoms with van der Waals surface area (Å²) in [5.74, 6) is -0.485. The van der Waals surface area contributed by atoms with Gasteiger partial charge in [0.1, 0.15) is 0 Å². The van der Waals surface area contributed by atoms with Gasteiger partial charge in [0.15, 0.2) is 21.6 Å². The zero-order valence-electron chi connectivity index (χ0n) is 19.4. The average molecular weight is 482 g/mol. The molecule has 1 aromatic carbocycles. The van der Waals surface area contributed by atoms with Crippen molar-refractivity contribution >= 4 is 32.6 Å². The van der Waals surface area contributed by atoms with Gasteiger partial charge in [0.05, 0.1) is 34.2 Å². The van der Waals surface area contributed by atoms with Gasteiger partial charge >= 0.3 is 5.97 Å². The second-order valence-corrected chi connectivity index (χ2v) is 11.7. The molecule has 2 atom stereocenters. The Morgan fingerprint density at radius 2 is 1.82 bits per heavy atom. The Bertz CT molecular complexity index is 1400. The van der Waals surface area contributed by atoms with Crippen molar-refractivity contribution in [3.63, 3.8) is 0 Å². The van der Waals surface area contributed by atoms with E-state index in [0.29, 0.717) is 34.3 Å². The molecule has 0 bridgehead atoms. The first kappa shape index (κ1) is 22.7. The largest absolute Gasteiger partial charge is 0.451 e. The van der Waals surface area contributed by atoms with E-state index in [1.807, 2.05) is 19.1 Å². The third-order valence-corrected chi connectivity index (χ3v) is 8.37. The van der Waals surface area contributed by atoms with E-state index in [9.17, 15) is 18.0 Å². The lowest BCUT2D eigenvalue weighted by Gasteiger charge is -2.14. The van der Waals surface area contributed by atoms with Crippen LogP contribution in [0.3, 0.4) is 0 Å². The Hall–Kier alpha value is -3.07. The third-order valence-electron chi connectivity index (χ3n) is 6.62. The number of benzene rings is 1. The van der Waals surface area contributed by atoms with E-state index in [1.165, 1.54) is 0 Å². The number of esters is 1. The van der Waals surface area contributed by atoms with Crippen molar-refractivity contribution in [2.75, 3.05) is 11.5 Å². The molecule has 5 rings (SSSR count). The van der Waals surface area contributed by atoms with Gasteiger partial charge in [-0.15, -0.1) is 0 Å². The molecule has 8 nitrogen and oxygen atoms in total. The number of Topliss-reactive ketones (excluding diaryl/α,β-unsaturated/α-hetero) is 1. The normalized spacial score (nSPS) is 20.4. The summed E-state index contributed by atoms with van der Waals surface area (Å²) in [5.41, 5.74) is 3.71. The van der Waals surface area contributed by atoms with Gasteiger partial charge < -0.3 is 4.74 Å². The minimum absolute atomic E-state index is 0.0143. The molecule has 1 saturated carbocycles. The van der Waals surface area contributed by atoms with Crippen LogP contribution >= 0.6 is 0 Å². The van der Waals surface area contributed by atoms with E-state index in [1.54, 1.807) is 36.7 Å². The van der Waals surface area contributed by atoms with Gasteiger partial charge in [-0.3, -0.25) is 4.79 Å². The maximum Gasteiger partial charge on any atom is 0.339 e. The minimum atomic E-state index is -3.12. The van der Waals surface area contributed by atoms with Crippen LogP contribution in [0.5, 0.6) is 0 Å². The van der Waals surface area contributed by atoms with E-state index < -0.39 is 21.9 Å². The summed E-state index contributed by atoms with van der Waals surface area (Å²) in [5, 5.41) is 5.14. The first-order valence-corrected chi connectivity index (χ1v) is 13.4. The van der Waals surface area contributed by atoms with Crippen LogP contribution < -0.4 is 0 Å². The standard InChI is InChI=1S/C25H27N3O5S/c1-14-4-6-18(7-5-14)23(29)16(3)33-25(30)20-12-21(17-8-9-17)26-24-22(20)15(2)27-28(24)19-10-11-34(31,32)13-19/h4-7,12,16-17,19H,8-11,13H2,1-3H3. The highest BCUT2D eigenvalue weighted by molar-refractivity contribution is 7.91. The van der Waals surface area contributed by atoms with Crippen molar-refractivity contribution in [3.05, 3.63) is 58.4 Å². The lowest BCUT2D eigenvalue weighted by molar-refractivity contribution is 0.0320. The first-order valence-electron chi connectivity index (χ1n) is 11.5. The molecule has 2 fully saturated rings. The van der Waals surface area contributed by atoms with Crippen LogP contribution in [0.4, 0.5) is 0 Å². The molecule has 0 spiro atoms. The number of ether oxygens (including phenoxy) is 1. The molecule has 1 aliphatic heterocycles. The number of nitrogens with zero attached hydrogens (tertiary/aromatic N) is 3. The maximum absolute atomic E-state index is 13.3. The molecule has 34 heavy (non-hydrogen) atoms. The highest BCUT2D eigenvalue weighted by Crippen LogP contribution is 2.41. The van der Waals surface area contributed by atoms with Gasteiger partial charge in [-0.2, -0.15) is 5.10 Å². The van der Waals surface area contributed by atoms with Gasteiger partial charge in [-0.1, -0.05) is 29.8 Å². The van der Waals surface area contributed by atoms with Crippen LogP contribution in [0, 0.1) is 13.8 Å². The van der Waals surface area contributed by atoms with Crippen molar-refractivity contribution in [2.24, 2.45) is 0 Å².